The van der Waals surface area contributed by atoms with Crippen LogP contribution in [0.4, 0.5) is 17.1 Å². The fourth-order valence-electron chi connectivity index (χ4n) is 2.10. The molecule has 0 radical (unpaired) electrons. The van der Waals surface area contributed by atoms with Crippen LogP contribution in [0.1, 0.15) is 30.1 Å². The van der Waals surface area contributed by atoms with Gasteiger partial charge in [-0.25, -0.2) is 0 Å². The molecular weight excluding hydrogens is 262 g/mol. The second-order valence-corrected chi connectivity index (χ2v) is 5.02. The molecule has 21 heavy (non-hydrogen) atoms. The Kier molecular flexibility index (Phi) is 4.82. The van der Waals surface area contributed by atoms with E-state index in [1.54, 1.807) is 29.2 Å². The Morgan fingerprint density at radius 1 is 0.952 bits per heavy atom. The highest BCUT2D eigenvalue weighted by Gasteiger charge is 2.17. The summed E-state index contributed by atoms with van der Waals surface area (Å²) in [6, 6.07) is 14.4. The smallest absolute Gasteiger partial charge is 0.258 e. The van der Waals surface area contributed by atoms with Crippen molar-refractivity contribution in [3.8, 4) is 0 Å². The number of carbonyl (C=O) groups is 1. The maximum Gasteiger partial charge on any atom is 0.258 e. The number of nitrogens with two attached hydrogens (primary N) is 2. The first kappa shape index (κ1) is 14.9. The first-order valence-electron chi connectivity index (χ1n) is 7.14. The van der Waals surface area contributed by atoms with E-state index in [0.717, 1.165) is 18.5 Å². The van der Waals surface area contributed by atoms with Crippen molar-refractivity contribution in [1.82, 2.24) is 0 Å². The third kappa shape index (κ3) is 3.75. The van der Waals surface area contributed by atoms with E-state index in [9.17, 15) is 4.79 Å². The first-order chi connectivity index (χ1) is 10.1. The number of anilines is 3. The zero-order valence-electron chi connectivity index (χ0n) is 12.3. The Balaban J connectivity index is 2.28. The van der Waals surface area contributed by atoms with E-state index < -0.39 is 0 Å². The molecule has 110 valence electrons. The highest BCUT2D eigenvalue weighted by molar-refractivity contribution is 6.06. The summed E-state index contributed by atoms with van der Waals surface area (Å²) >= 11 is 0. The van der Waals surface area contributed by atoms with Crippen LogP contribution >= 0.6 is 0 Å². The van der Waals surface area contributed by atoms with Gasteiger partial charge in [0.25, 0.3) is 5.91 Å². The summed E-state index contributed by atoms with van der Waals surface area (Å²) in [5, 5.41) is 0. The maximum atomic E-state index is 12.7. The van der Waals surface area contributed by atoms with Crippen LogP contribution in [0, 0.1) is 0 Å². The van der Waals surface area contributed by atoms with E-state index in [1.807, 2.05) is 24.3 Å². The summed E-state index contributed by atoms with van der Waals surface area (Å²) in [7, 11) is 0. The van der Waals surface area contributed by atoms with Gasteiger partial charge >= 0.3 is 0 Å². The predicted molar refractivity (Wildman–Crippen MR) is 88.3 cm³/mol. The van der Waals surface area contributed by atoms with Crippen molar-refractivity contribution in [3.05, 3.63) is 54.1 Å². The van der Waals surface area contributed by atoms with E-state index in [4.69, 9.17) is 11.5 Å². The quantitative estimate of drug-likeness (QED) is 0.827. The normalized spacial score (nSPS) is 10.3. The second kappa shape index (κ2) is 6.79. The fraction of sp³-hybridized carbons (Fsp3) is 0.235. The lowest BCUT2D eigenvalue weighted by molar-refractivity contribution is 0.0986. The zero-order chi connectivity index (χ0) is 15.2. The van der Waals surface area contributed by atoms with Gasteiger partial charge in [-0.05, 0) is 55.0 Å². The summed E-state index contributed by atoms with van der Waals surface area (Å²) in [5.74, 6) is -0.0202. The van der Waals surface area contributed by atoms with Gasteiger partial charge in [-0.2, -0.15) is 0 Å². The van der Waals surface area contributed by atoms with E-state index in [1.165, 1.54) is 0 Å². The molecule has 0 aromatic heterocycles. The molecule has 0 unspecified atom stereocenters. The Morgan fingerprint density at radius 2 is 1.48 bits per heavy atom. The maximum absolute atomic E-state index is 12.7. The van der Waals surface area contributed by atoms with E-state index in [2.05, 4.69) is 6.92 Å². The standard InChI is InChI=1S/C17H21N3O/c1-2-3-12-20(16-10-8-15(19)9-11-16)17(21)13-4-6-14(18)7-5-13/h4-11H,2-3,12,18-19H2,1H3. The number of hydrogen-bond donors (Lipinski definition) is 2. The van der Waals surface area contributed by atoms with Crippen LogP contribution in [0.5, 0.6) is 0 Å². The molecule has 4 heteroatoms. The minimum atomic E-state index is -0.0202. The number of rotatable bonds is 5. The van der Waals surface area contributed by atoms with Gasteiger partial charge in [-0.15, -0.1) is 0 Å². The minimum absolute atomic E-state index is 0.0202. The average molecular weight is 283 g/mol. The van der Waals surface area contributed by atoms with Crippen LogP contribution in [0.2, 0.25) is 0 Å². The molecule has 2 aromatic carbocycles. The number of benzene rings is 2. The number of hydrogen-bond acceptors (Lipinski definition) is 3. The number of nitrogen functional groups attached to an aromatic ring is 2. The largest absolute Gasteiger partial charge is 0.399 e. The fourth-order valence-corrected chi connectivity index (χ4v) is 2.10. The Labute approximate surface area is 125 Å². The Morgan fingerprint density at radius 3 is 2.00 bits per heavy atom. The number of carbonyl (C=O) groups excluding carboxylic acids is 1. The molecule has 1 amide bonds. The van der Waals surface area contributed by atoms with Crippen molar-refractivity contribution in [2.24, 2.45) is 0 Å². The van der Waals surface area contributed by atoms with Gasteiger partial charge in [-0.3, -0.25) is 4.79 Å². The molecule has 0 aliphatic rings. The van der Waals surface area contributed by atoms with Gasteiger partial charge in [0.2, 0.25) is 0 Å². The summed E-state index contributed by atoms with van der Waals surface area (Å²) in [6.45, 7) is 2.79. The molecule has 0 bridgehead atoms. The van der Waals surface area contributed by atoms with Gasteiger partial charge < -0.3 is 16.4 Å². The summed E-state index contributed by atoms with van der Waals surface area (Å²) in [4.78, 5) is 14.5. The van der Waals surface area contributed by atoms with Crippen molar-refractivity contribution >= 4 is 23.0 Å². The minimum Gasteiger partial charge on any atom is -0.399 e. The molecule has 0 spiro atoms. The van der Waals surface area contributed by atoms with Gasteiger partial charge in [0.1, 0.15) is 0 Å². The van der Waals surface area contributed by atoms with Crippen LogP contribution in [0.25, 0.3) is 0 Å². The monoisotopic (exact) mass is 283 g/mol. The van der Waals surface area contributed by atoms with Gasteiger partial charge in [0.15, 0.2) is 0 Å². The highest BCUT2D eigenvalue weighted by atomic mass is 16.2. The SMILES string of the molecule is CCCCN(C(=O)c1ccc(N)cc1)c1ccc(N)cc1. The molecule has 0 fully saturated rings. The molecule has 0 aliphatic carbocycles. The third-order valence-electron chi connectivity index (χ3n) is 3.34. The Bertz CT molecular complexity index is 590. The van der Waals surface area contributed by atoms with Crippen molar-refractivity contribution in [2.75, 3.05) is 22.9 Å². The topological polar surface area (TPSA) is 72.3 Å². The number of amides is 1. The van der Waals surface area contributed by atoms with Crippen LogP contribution < -0.4 is 16.4 Å². The molecule has 2 aromatic rings. The Hall–Kier alpha value is -2.49. The van der Waals surface area contributed by atoms with E-state index in [-0.39, 0.29) is 5.91 Å². The van der Waals surface area contributed by atoms with Crippen molar-refractivity contribution in [2.45, 2.75) is 19.8 Å². The average Bonchev–Trinajstić information content (AvgIpc) is 2.50. The molecule has 2 rings (SSSR count). The van der Waals surface area contributed by atoms with Crippen molar-refractivity contribution in [1.29, 1.82) is 0 Å². The van der Waals surface area contributed by atoms with Gasteiger partial charge in [0, 0.05) is 29.2 Å². The zero-order valence-corrected chi connectivity index (χ0v) is 12.3. The van der Waals surface area contributed by atoms with Crippen LogP contribution in [0.15, 0.2) is 48.5 Å². The number of unbranched alkanes of at least 4 members (excludes halogenated alkanes) is 1. The molecule has 0 heterocycles. The van der Waals surface area contributed by atoms with Crippen LogP contribution in [-0.2, 0) is 0 Å². The molecule has 0 atom stereocenters. The summed E-state index contributed by atoms with van der Waals surface area (Å²) in [6.07, 6.45) is 1.98. The van der Waals surface area contributed by atoms with E-state index in [0.29, 0.717) is 23.5 Å². The lowest BCUT2D eigenvalue weighted by Crippen LogP contribution is -2.31. The lowest BCUT2D eigenvalue weighted by atomic mass is 10.1. The number of nitrogens with zero attached hydrogens (tertiary/aromatic N) is 1. The van der Waals surface area contributed by atoms with Crippen molar-refractivity contribution in [3.63, 3.8) is 0 Å². The van der Waals surface area contributed by atoms with Crippen LogP contribution in [0.3, 0.4) is 0 Å². The van der Waals surface area contributed by atoms with Crippen LogP contribution in [-0.4, -0.2) is 12.5 Å². The molecule has 0 saturated carbocycles. The van der Waals surface area contributed by atoms with Gasteiger partial charge in [0.05, 0.1) is 0 Å². The molecule has 4 N–H and O–H groups in total. The molecular formula is C17H21N3O. The predicted octanol–water partition coefficient (Wildman–Crippen LogP) is 3.30. The first-order valence-corrected chi connectivity index (χ1v) is 7.14. The molecule has 4 nitrogen and oxygen atoms in total. The second-order valence-electron chi connectivity index (χ2n) is 5.02. The highest BCUT2D eigenvalue weighted by Crippen LogP contribution is 2.20. The van der Waals surface area contributed by atoms with Crippen molar-refractivity contribution < 1.29 is 4.79 Å². The van der Waals surface area contributed by atoms with Gasteiger partial charge in [-0.1, -0.05) is 13.3 Å². The lowest BCUT2D eigenvalue weighted by Gasteiger charge is -2.23. The summed E-state index contributed by atoms with van der Waals surface area (Å²) in [5.41, 5.74) is 14.2. The third-order valence-corrected chi connectivity index (χ3v) is 3.34. The van der Waals surface area contributed by atoms with E-state index >= 15 is 0 Å². The molecule has 0 saturated heterocycles. The summed E-state index contributed by atoms with van der Waals surface area (Å²) < 4.78 is 0. The molecule has 0 aliphatic heterocycles.